The van der Waals surface area contributed by atoms with Gasteiger partial charge in [0.15, 0.2) is 0 Å². The molecule has 1 aliphatic carbocycles. The smallest absolute Gasteiger partial charge is 0.275 e. The van der Waals surface area contributed by atoms with Crippen LogP contribution in [0.3, 0.4) is 0 Å². The molecule has 1 aliphatic rings. The van der Waals surface area contributed by atoms with E-state index in [4.69, 9.17) is 0 Å². The maximum atomic E-state index is 12.1. The highest BCUT2D eigenvalue weighted by Crippen LogP contribution is 2.28. The van der Waals surface area contributed by atoms with E-state index in [0.717, 1.165) is 62.3 Å². The van der Waals surface area contributed by atoms with Crippen molar-refractivity contribution in [2.45, 2.75) is 64.4 Å². The monoisotopic (exact) mass is 350 g/mol. The summed E-state index contributed by atoms with van der Waals surface area (Å²) in [6, 6.07) is 1.57. The zero-order chi connectivity index (χ0) is 16.9. The second-order valence-corrected chi connectivity index (χ2v) is 7.57. The normalized spacial score (nSPS) is 21.2. The summed E-state index contributed by atoms with van der Waals surface area (Å²) >= 11 is 1.42. The lowest BCUT2D eigenvalue weighted by Gasteiger charge is -2.27. The van der Waals surface area contributed by atoms with Crippen molar-refractivity contribution in [1.82, 2.24) is 14.6 Å². The number of nitrogens with one attached hydrogen (secondary N) is 1. The van der Waals surface area contributed by atoms with Crippen molar-refractivity contribution in [3.8, 4) is 0 Å². The molecule has 132 valence electrons. The molecule has 6 nitrogen and oxygen atoms in total. The minimum atomic E-state index is -0.124. The summed E-state index contributed by atoms with van der Waals surface area (Å²) in [5.41, 5.74) is 0.724. The fraction of sp³-hybridized carbons (Fsp3) is 0.706. The highest BCUT2D eigenvalue weighted by Gasteiger charge is 2.22. The van der Waals surface area contributed by atoms with Gasteiger partial charge in [-0.2, -0.15) is 4.52 Å². The molecule has 2 atom stereocenters. The standard InChI is InChI=1S/C17H26N4O2S/c1-2-6-13-11-15(23)21-17(19-13)24-16(20-21)18-10-5-8-12-7-3-4-9-14(12)22/h11-12,14,22H,2-10H2,1H3,(H,18,20). The minimum absolute atomic E-state index is 0.113. The molecule has 2 aromatic rings. The van der Waals surface area contributed by atoms with E-state index in [1.54, 1.807) is 6.07 Å². The van der Waals surface area contributed by atoms with Gasteiger partial charge in [-0.1, -0.05) is 37.5 Å². The number of aliphatic hydroxyl groups excluding tert-OH is 1. The summed E-state index contributed by atoms with van der Waals surface area (Å²) < 4.78 is 1.37. The van der Waals surface area contributed by atoms with Gasteiger partial charge >= 0.3 is 0 Å². The third-order valence-electron chi connectivity index (χ3n) is 4.70. The molecule has 0 bridgehead atoms. The lowest BCUT2D eigenvalue weighted by Crippen LogP contribution is -2.24. The molecule has 2 N–H and O–H groups in total. The number of aryl methyl sites for hydroxylation is 1. The molecule has 0 aromatic carbocycles. The number of aliphatic hydroxyl groups is 1. The zero-order valence-corrected chi connectivity index (χ0v) is 15.0. The predicted octanol–water partition coefficient (Wildman–Crippen LogP) is 2.85. The summed E-state index contributed by atoms with van der Waals surface area (Å²) in [6.07, 6.45) is 8.19. The molecule has 0 amide bonds. The zero-order valence-electron chi connectivity index (χ0n) is 14.2. The van der Waals surface area contributed by atoms with Crippen molar-refractivity contribution in [1.29, 1.82) is 0 Å². The fourth-order valence-electron chi connectivity index (χ4n) is 3.40. The van der Waals surface area contributed by atoms with Crippen LogP contribution in [-0.4, -0.2) is 32.4 Å². The van der Waals surface area contributed by atoms with Gasteiger partial charge in [-0.05, 0) is 38.0 Å². The van der Waals surface area contributed by atoms with Gasteiger partial charge in [0.2, 0.25) is 10.1 Å². The number of anilines is 1. The van der Waals surface area contributed by atoms with Crippen LogP contribution in [0.2, 0.25) is 0 Å². The second kappa shape index (κ2) is 8.07. The molecule has 2 unspecified atom stereocenters. The van der Waals surface area contributed by atoms with Crippen molar-refractivity contribution in [2.24, 2.45) is 5.92 Å². The van der Waals surface area contributed by atoms with Gasteiger partial charge in [0.1, 0.15) is 0 Å². The second-order valence-electron chi connectivity index (χ2n) is 6.62. The van der Waals surface area contributed by atoms with Gasteiger partial charge in [-0.15, -0.1) is 5.10 Å². The first kappa shape index (κ1) is 17.4. The topological polar surface area (TPSA) is 79.5 Å². The molecule has 24 heavy (non-hydrogen) atoms. The summed E-state index contributed by atoms with van der Waals surface area (Å²) in [5, 5.41) is 18.3. The van der Waals surface area contributed by atoms with E-state index >= 15 is 0 Å². The summed E-state index contributed by atoms with van der Waals surface area (Å²) in [7, 11) is 0. The van der Waals surface area contributed by atoms with Crippen LogP contribution >= 0.6 is 11.3 Å². The average molecular weight is 350 g/mol. The summed E-state index contributed by atoms with van der Waals surface area (Å²) in [4.78, 5) is 17.2. The van der Waals surface area contributed by atoms with Crippen LogP contribution in [0.5, 0.6) is 0 Å². The van der Waals surface area contributed by atoms with Gasteiger partial charge in [-0.25, -0.2) is 4.98 Å². The molecule has 2 aromatic heterocycles. The van der Waals surface area contributed by atoms with Crippen LogP contribution in [0, 0.1) is 5.92 Å². The van der Waals surface area contributed by atoms with Gasteiger partial charge in [-0.3, -0.25) is 4.79 Å². The Hall–Kier alpha value is -1.47. The Labute approximate surface area is 145 Å². The van der Waals surface area contributed by atoms with Crippen molar-refractivity contribution in [3.63, 3.8) is 0 Å². The maximum Gasteiger partial charge on any atom is 0.275 e. The molecule has 0 aliphatic heterocycles. The minimum Gasteiger partial charge on any atom is -0.393 e. The van der Waals surface area contributed by atoms with Crippen LogP contribution in [0.15, 0.2) is 10.9 Å². The first-order chi connectivity index (χ1) is 11.7. The number of hydrogen-bond donors (Lipinski definition) is 2. The van der Waals surface area contributed by atoms with Crippen molar-refractivity contribution < 1.29 is 5.11 Å². The molecule has 0 saturated heterocycles. The summed E-state index contributed by atoms with van der Waals surface area (Å²) in [6.45, 7) is 2.88. The third kappa shape index (κ3) is 4.13. The van der Waals surface area contributed by atoms with E-state index in [1.807, 2.05) is 0 Å². The van der Waals surface area contributed by atoms with E-state index in [2.05, 4.69) is 22.3 Å². The molecule has 2 heterocycles. The first-order valence-corrected chi connectivity index (χ1v) is 9.80. The van der Waals surface area contributed by atoms with Crippen LogP contribution < -0.4 is 10.9 Å². The maximum absolute atomic E-state index is 12.1. The lowest BCUT2D eigenvalue weighted by molar-refractivity contribution is 0.0648. The SMILES string of the molecule is CCCc1cc(=O)n2nc(NCCCC3CCCCC3O)sc2n1. The van der Waals surface area contributed by atoms with Gasteiger partial charge < -0.3 is 10.4 Å². The van der Waals surface area contributed by atoms with E-state index in [0.29, 0.717) is 10.9 Å². The quantitative estimate of drug-likeness (QED) is 0.751. The molecule has 0 spiro atoms. The predicted molar refractivity (Wildman–Crippen MR) is 96.8 cm³/mol. The Bertz CT molecular complexity index is 727. The Morgan fingerprint density at radius 1 is 1.42 bits per heavy atom. The lowest BCUT2D eigenvalue weighted by atomic mass is 9.83. The molecule has 7 heteroatoms. The number of rotatable bonds is 7. The third-order valence-corrected chi connectivity index (χ3v) is 5.57. The average Bonchev–Trinajstić information content (AvgIpc) is 2.97. The van der Waals surface area contributed by atoms with Crippen molar-refractivity contribution >= 4 is 21.4 Å². The highest BCUT2D eigenvalue weighted by molar-refractivity contribution is 7.20. The van der Waals surface area contributed by atoms with Crippen molar-refractivity contribution in [3.05, 3.63) is 22.1 Å². The number of nitrogens with zero attached hydrogens (tertiary/aromatic N) is 3. The molecular weight excluding hydrogens is 324 g/mol. The molecule has 1 fully saturated rings. The van der Waals surface area contributed by atoms with Crippen LogP contribution in [-0.2, 0) is 6.42 Å². The number of aromatic nitrogens is 3. The Balaban J connectivity index is 1.55. The Kier molecular flexibility index (Phi) is 5.84. The van der Waals surface area contributed by atoms with Gasteiger partial charge in [0.25, 0.3) is 5.56 Å². The van der Waals surface area contributed by atoms with E-state index in [1.165, 1.54) is 22.3 Å². The molecule has 1 saturated carbocycles. The molecule has 3 rings (SSSR count). The van der Waals surface area contributed by atoms with Crippen molar-refractivity contribution in [2.75, 3.05) is 11.9 Å². The van der Waals surface area contributed by atoms with E-state index < -0.39 is 0 Å². The molecule has 0 radical (unpaired) electrons. The van der Waals surface area contributed by atoms with Crippen LogP contribution in [0.25, 0.3) is 4.96 Å². The van der Waals surface area contributed by atoms with Gasteiger partial charge in [0.05, 0.1) is 6.10 Å². The highest BCUT2D eigenvalue weighted by atomic mass is 32.1. The molecular formula is C17H26N4O2S. The number of fused-ring (bicyclic) bond motifs is 1. The Morgan fingerprint density at radius 3 is 3.04 bits per heavy atom. The van der Waals surface area contributed by atoms with Crippen LogP contribution in [0.4, 0.5) is 5.13 Å². The summed E-state index contributed by atoms with van der Waals surface area (Å²) in [5.74, 6) is 0.441. The Morgan fingerprint density at radius 2 is 2.25 bits per heavy atom. The van der Waals surface area contributed by atoms with Gasteiger partial charge in [0, 0.05) is 18.3 Å². The van der Waals surface area contributed by atoms with Crippen LogP contribution in [0.1, 0.15) is 57.6 Å². The van der Waals surface area contributed by atoms with E-state index in [-0.39, 0.29) is 11.7 Å². The van der Waals surface area contributed by atoms with E-state index in [9.17, 15) is 9.90 Å². The number of hydrogen-bond acceptors (Lipinski definition) is 6. The largest absolute Gasteiger partial charge is 0.393 e. The fourth-order valence-corrected chi connectivity index (χ4v) is 4.25. The first-order valence-electron chi connectivity index (χ1n) is 8.99.